The molecule has 0 bridgehead atoms. The van der Waals surface area contributed by atoms with Crippen molar-refractivity contribution in [3.05, 3.63) is 0 Å². The average molecular weight is 185 g/mol. The van der Waals surface area contributed by atoms with Crippen LogP contribution in [0.3, 0.4) is 0 Å². The van der Waals surface area contributed by atoms with E-state index in [9.17, 15) is 0 Å². The van der Waals surface area contributed by atoms with Gasteiger partial charge in [-0.15, -0.1) is 0 Å². The fraction of sp³-hybridized carbons (Fsp3) is 1.00. The third-order valence-corrected chi connectivity index (χ3v) is 3.05. The van der Waals surface area contributed by atoms with Crippen molar-refractivity contribution in [1.82, 2.24) is 5.32 Å². The highest BCUT2D eigenvalue weighted by atomic mass is 16.5. The van der Waals surface area contributed by atoms with E-state index in [1.807, 2.05) is 0 Å². The minimum atomic E-state index is 0.503. The van der Waals surface area contributed by atoms with Gasteiger partial charge in [0.2, 0.25) is 0 Å². The maximum Gasteiger partial charge on any atom is 0.0613 e. The molecule has 0 aromatic rings. The van der Waals surface area contributed by atoms with Gasteiger partial charge in [0.25, 0.3) is 0 Å². The number of hydrogen-bond donors (Lipinski definition) is 1. The number of rotatable bonds is 5. The van der Waals surface area contributed by atoms with Gasteiger partial charge in [0.1, 0.15) is 0 Å². The van der Waals surface area contributed by atoms with Crippen LogP contribution in [0.15, 0.2) is 0 Å². The van der Waals surface area contributed by atoms with Gasteiger partial charge in [0.05, 0.1) is 6.61 Å². The molecule has 0 aliphatic heterocycles. The van der Waals surface area contributed by atoms with E-state index in [2.05, 4.69) is 26.1 Å². The van der Waals surface area contributed by atoms with Crippen molar-refractivity contribution in [1.29, 1.82) is 0 Å². The van der Waals surface area contributed by atoms with Gasteiger partial charge in [-0.25, -0.2) is 0 Å². The Hall–Kier alpha value is -0.0800. The van der Waals surface area contributed by atoms with Gasteiger partial charge in [-0.2, -0.15) is 0 Å². The lowest BCUT2D eigenvalue weighted by Crippen LogP contribution is -2.47. The maximum atomic E-state index is 5.08. The van der Waals surface area contributed by atoms with Gasteiger partial charge in [-0.05, 0) is 31.6 Å². The standard InChI is InChI=1S/C11H23NO/c1-8(2)10-5-11(6-10)12-9(3)7-13-4/h8-12H,5-7H2,1-4H3. The third-order valence-electron chi connectivity index (χ3n) is 3.05. The Kier molecular flexibility index (Phi) is 4.20. The Balaban J connectivity index is 2.07. The molecule has 0 spiro atoms. The summed E-state index contributed by atoms with van der Waals surface area (Å²) in [5.41, 5.74) is 0. The largest absolute Gasteiger partial charge is 0.383 e. The molecule has 1 saturated carbocycles. The summed E-state index contributed by atoms with van der Waals surface area (Å²) in [4.78, 5) is 0. The van der Waals surface area contributed by atoms with Crippen molar-refractivity contribution in [3.8, 4) is 0 Å². The number of methoxy groups -OCH3 is 1. The molecule has 0 amide bonds. The molecule has 1 fully saturated rings. The highest BCUT2D eigenvalue weighted by molar-refractivity contribution is 4.87. The molecule has 0 radical (unpaired) electrons. The average Bonchev–Trinajstić information content (AvgIpc) is 1.95. The molecule has 1 rings (SSSR count). The van der Waals surface area contributed by atoms with Crippen LogP contribution in [0.25, 0.3) is 0 Å². The quantitative estimate of drug-likeness (QED) is 0.708. The molecule has 2 heteroatoms. The first kappa shape index (κ1) is 11.0. The number of ether oxygens (including phenoxy) is 1. The normalized spacial score (nSPS) is 30.2. The Morgan fingerprint density at radius 3 is 2.38 bits per heavy atom. The van der Waals surface area contributed by atoms with E-state index in [1.54, 1.807) is 7.11 Å². The second-order valence-corrected chi connectivity index (χ2v) is 4.70. The van der Waals surface area contributed by atoms with E-state index in [-0.39, 0.29) is 0 Å². The summed E-state index contributed by atoms with van der Waals surface area (Å²) in [6, 6.07) is 1.25. The lowest BCUT2D eigenvalue weighted by molar-refractivity contribution is 0.123. The van der Waals surface area contributed by atoms with Crippen molar-refractivity contribution in [3.63, 3.8) is 0 Å². The summed E-state index contributed by atoms with van der Waals surface area (Å²) in [5.74, 6) is 1.81. The highest BCUT2D eigenvalue weighted by Crippen LogP contribution is 2.33. The lowest BCUT2D eigenvalue weighted by atomic mass is 9.73. The number of hydrogen-bond acceptors (Lipinski definition) is 2. The van der Waals surface area contributed by atoms with Crippen molar-refractivity contribution < 1.29 is 4.74 Å². The van der Waals surface area contributed by atoms with E-state index < -0.39 is 0 Å². The monoisotopic (exact) mass is 185 g/mol. The van der Waals surface area contributed by atoms with E-state index in [0.717, 1.165) is 24.5 Å². The maximum absolute atomic E-state index is 5.08. The third kappa shape index (κ3) is 3.28. The van der Waals surface area contributed by atoms with Crippen LogP contribution in [-0.4, -0.2) is 25.8 Å². The fourth-order valence-corrected chi connectivity index (χ4v) is 2.04. The first-order valence-corrected chi connectivity index (χ1v) is 5.38. The van der Waals surface area contributed by atoms with Crippen LogP contribution in [0.1, 0.15) is 33.6 Å². The molecule has 0 aromatic carbocycles. The molecule has 0 aromatic heterocycles. The summed E-state index contributed by atoms with van der Waals surface area (Å²) in [5, 5.41) is 3.58. The summed E-state index contributed by atoms with van der Waals surface area (Å²) in [6.45, 7) is 7.65. The smallest absolute Gasteiger partial charge is 0.0613 e. The molecule has 0 saturated heterocycles. The molecule has 1 unspecified atom stereocenters. The molecule has 1 N–H and O–H groups in total. The summed E-state index contributed by atoms with van der Waals surface area (Å²) in [6.07, 6.45) is 2.71. The van der Waals surface area contributed by atoms with Crippen LogP contribution in [-0.2, 0) is 4.74 Å². The van der Waals surface area contributed by atoms with Gasteiger partial charge < -0.3 is 10.1 Å². The zero-order chi connectivity index (χ0) is 9.84. The molecule has 1 atom stereocenters. The predicted molar refractivity (Wildman–Crippen MR) is 55.8 cm³/mol. The van der Waals surface area contributed by atoms with Crippen LogP contribution < -0.4 is 5.32 Å². The Morgan fingerprint density at radius 1 is 1.31 bits per heavy atom. The molecule has 2 nitrogen and oxygen atoms in total. The first-order chi connectivity index (χ1) is 6.13. The number of nitrogens with one attached hydrogen (secondary N) is 1. The minimum Gasteiger partial charge on any atom is -0.383 e. The second-order valence-electron chi connectivity index (χ2n) is 4.70. The molecule has 1 aliphatic rings. The Morgan fingerprint density at radius 2 is 1.92 bits per heavy atom. The van der Waals surface area contributed by atoms with Gasteiger partial charge in [0, 0.05) is 19.2 Å². The predicted octanol–water partition coefficient (Wildman–Crippen LogP) is 2.05. The van der Waals surface area contributed by atoms with Crippen LogP contribution in [0, 0.1) is 11.8 Å². The van der Waals surface area contributed by atoms with Crippen LogP contribution in [0.5, 0.6) is 0 Å². The lowest BCUT2D eigenvalue weighted by Gasteiger charge is -2.40. The van der Waals surface area contributed by atoms with Crippen molar-refractivity contribution in [2.75, 3.05) is 13.7 Å². The minimum absolute atomic E-state index is 0.503. The van der Waals surface area contributed by atoms with Crippen molar-refractivity contribution in [2.45, 2.75) is 45.7 Å². The first-order valence-electron chi connectivity index (χ1n) is 5.38. The zero-order valence-electron chi connectivity index (χ0n) is 9.34. The molecule has 0 heterocycles. The van der Waals surface area contributed by atoms with E-state index in [0.29, 0.717) is 6.04 Å². The Labute approximate surface area is 82.0 Å². The van der Waals surface area contributed by atoms with E-state index in [1.165, 1.54) is 12.8 Å². The van der Waals surface area contributed by atoms with Crippen molar-refractivity contribution in [2.24, 2.45) is 11.8 Å². The second kappa shape index (κ2) is 4.97. The summed E-state index contributed by atoms with van der Waals surface area (Å²) in [7, 11) is 1.76. The summed E-state index contributed by atoms with van der Waals surface area (Å²) >= 11 is 0. The molecular formula is C11H23NO. The van der Waals surface area contributed by atoms with Crippen molar-refractivity contribution >= 4 is 0 Å². The Bertz CT molecular complexity index is 141. The van der Waals surface area contributed by atoms with Gasteiger partial charge in [-0.3, -0.25) is 0 Å². The van der Waals surface area contributed by atoms with Gasteiger partial charge in [0.15, 0.2) is 0 Å². The fourth-order valence-electron chi connectivity index (χ4n) is 2.04. The SMILES string of the molecule is COCC(C)NC1CC(C(C)C)C1. The van der Waals surface area contributed by atoms with Gasteiger partial charge in [-0.1, -0.05) is 13.8 Å². The summed E-state index contributed by atoms with van der Waals surface area (Å²) < 4.78 is 5.08. The zero-order valence-corrected chi connectivity index (χ0v) is 9.34. The van der Waals surface area contributed by atoms with E-state index in [4.69, 9.17) is 4.74 Å². The van der Waals surface area contributed by atoms with Crippen LogP contribution in [0.4, 0.5) is 0 Å². The topological polar surface area (TPSA) is 21.3 Å². The van der Waals surface area contributed by atoms with Crippen LogP contribution in [0.2, 0.25) is 0 Å². The molecular weight excluding hydrogens is 162 g/mol. The van der Waals surface area contributed by atoms with Crippen LogP contribution >= 0.6 is 0 Å². The van der Waals surface area contributed by atoms with Gasteiger partial charge >= 0.3 is 0 Å². The highest BCUT2D eigenvalue weighted by Gasteiger charge is 2.31. The molecule has 78 valence electrons. The molecule has 1 aliphatic carbocycles. The van der Waals surface area contributed by atoms with E-state index >= 15 is 0 Å². The molecule has 13 heavy (non-hydrogen) atoms.